The number of carboxylic acid groups (broad SMARTS) is 1. The second kappa shape index (κ2) is 10.1. The van der Waals surface area contributed by atoms with E-state index in [4.69, 9.17) is 18.9 Å². The molecule has 0 radical (unpaired) electrons. The lowest BCUT2D eigenvalue weighted by atomic mass is 9.78. The number of hydrogen-bond donors (Lipinski definition) is 1. The maximum Gasteiger partial charge on any atom is 0.308 e. The lowest BCUT2D eigenvalue weighted by Crippen LogP contribution is -2.24. The van der Waals surface area contributed by atoms with E-state index >= 15 is 0 Å². The minimum absolute atomic E-state index is 0.176. The molecule has 3 aromatic rings. The second-order valence-electron chi connectivity index (χ2n) is 9.39. The first kappa shape index (κ1) is 24.0. The van der Waals surface area contributed by atoms with Crippen LogP contribution in [0.15, 0.2) is 54.6 Å². The smallest absolute Gasteiger partial charge is 0.308 e. The molecule has 1 N–H and O–H groups in total. The maximum absolute atomic E-state index is 13.0. The van der Waals surface area contributed by atoms with Crippen molar-refractivity contribution < 1.29 is 28.8 Å². The van der Waals surface area contributed by atoms with Crippen LogP contribution < -0.4 is 18.9 Å². The molecular weight excluding hydrogens is 456 g/mol. The van der Waals surface area contributed by atoms with Gasteiger partial charge < -0.3 is 24.1 Å². The monoisotopic (exact) mass is 488 g/mol. The molecular formula is C30H32O6. The van der Waals surface area contributed by atoms with Crippen LogP contribution in [-0.4, -0.2) is 31.6 Å². The van der Waals surface area contributed by atoms with Gasteiger partial charge in [0.05, 0.1) is 19.6 Å². The minimum atomic E-state index is -0.826. The molecule has 0 spiro atoms. The van der Waals surface area contributed by atoms with Gasteiger partial charge in [0.15, 0.2) is 11.5 Å². The molecule has 6 nitrogen and oxygen atoms in total. The number of methoxy groups -OCH3 is 1. The quantitative estimate of drug-likeness (QED) is 0.390. The predicted octanol–water partition coefficient (Wildman–Crippen LogP) is 6.14. The Hall–Kier alpha value is -3.67. The van der Waals surface area contributed by atoms with Crippen molar-refractivity contribution >= 4 is 5.97 Å². The van der Waals surface area contributed by atoms with Crippen LogP contribution in [-0.2, 0) is 11.2 Å². The maximum atomic E-state index is 13.0. The number of carbonyl (C=O) groups is 1. The van der Waals surface area contributed by atoms with Gasteiger partial charge in [-0.05, 0) is 77.1 Å². The number of benzene rings is 3. The zero-order valence-corrected chi connectivity index (χ0v) is 21.0. The highest BCUT2D eigenvalue weighted by atomic mass is 16.7. The molecule has 0 fully saturated rings. The molecule has 1 aliphatic heterocycles. The fourth-order valence-corrected chi connectivity index (χ4v) is 5.63. The number of rotatable bonds is 9. The van der Waals surface area contributed by atoms with Crippen LogP contribution in [0.1, 0.15) is 66.3 Å². The Labute approximate surface area is 211 Å². The van der Waals surface area contributed by atoms with Crippen LogP contribution in [0, 0.1) is 5.92 Å². The highest BCUT2D eigenvalue weighted by Crippen LogP contribution is 2.55. The first-order chi connectivity index (χ1) is 17.5. The molecule has 36 heavy (non-hydrogen) atoms. The Morgan fingerprint density at radius 1 is 0.889 bits per heavy atom. The molecule has 3 aromatic carbocycles. The minimum Gasteiger partial charge on any atom is -0.497 e. The summed E-state index contributed by atoms with van der Waals surface area (Å²) in [6.45, 7) is 4.99. The SMILES string of the molecule is CCCOc1ccc2c(c1)C(c1ccc(OC)cc1CCC)C(C(=O)O)C2c1ccc2c(c1)OCO2. The first-order valence-corrected chi connectivity index (χ1v) is 12.6. The van der Waals surface area contributed by atoms with Crippen molar-refractivity contribution in [1.29, 1.82) is 0 Å². The van der Waals surface area contributed by atoms with Crippen LogP contribution in [0.25, 0.3) is 0 Å². The summed E-state index contributed by atoms with van der Waals surface area (Å²) in [6, 6.07) is 17.8. The van der Waals surface area contributed by atoms with Crippen molar-refractivity contribution in [2.45, 2.75) is 44.9 Å². The van der Waals surface area contributed by atoms with E-state index in [2.05, 4.69) is 13.8 Å². The van der Waals surface area contributed by atoms with Gasteiger partial charge in [-0.2, -0.15) is 0 Å². The standard InChI is InChI=1S/C30H32O6/c1-4-6-18-14-20(33-3)8-10-22(18)28-24-16-21(34-13-5-2)9-11-23(24)27(29(28)30(31)32)19-7-12-25-26(15-19)36-17-35-25/h7-12,14-16,27-29H,4-6,13,17H2,1-3H3,(H,31,32). The Kier molecular flexibility index (Phi) is 6.77. The van der Waals surface area contributed by atoms with Gasteiger partial charge in [-0.15, -0.1) is 0 Å². The van der Waals surface area contributed by atoms with Crippen LogP contribution in [0.3, 0.4) is 0 Å². The van der Waals surface area contributed by atoms with Crippen molar-refractivity contribution in [1.82, 2.24) is 0 Å². The molecule has 0 saturated heterocycles. The Morgan fingerprint density at radius 3 is 2.42 bits per heavy atom. The molecule has 0 amide bonds. The normalized spacial score (nSPS) is 19.7. The fraction of sp³-hybridized carbons (Fsp3) is 0.367. The van der Waals surface area contributed by atoms with Gasteiger partial charge in [0.25, 0.3) is 0 Å². The molecule has 6 heteroatoms. The average Bonchev–Trinajstić information content (AvgIpc) is 3.49. The van der Waals surface area contributed by atoms with E-state index in [0.29, 0.717) is 18.1 Å². The first-order valence-electron chi connectivity index (χ1n) is 12.6. The van der Waals surface area contributed by atoms with E-state index in [1.54, 1.807) is 7.11 Å². The highest BCUT2D eigenvalue weighted by molar-refractivity contribution is 5.78. The van der Waals surface area contributed by atoms with E-state index in [-0.39, 0.29) is 18.6 Å². The third-order valence-corrected chi connectivity index (χ3v) is 7.16. The van der Waals surface area contributed by atoms with E-state index in [9.17, 15) is 9.90 Å². The zero-order chi connectivity index (χ0) is 25.2. The van der Waals surface area contributed by atoms with Crippen molar-refractivity contribution in [3.05, 3.63) is 82.4 Å². The summed E-state index contributed by atoms with van der Waals surface area (Å²) in [7, 11) is 1.66. The number of hydrogen-bond acceptors (Lipinski definition) is 5. The number of aryl methyl sites for hydroxylation is 1. The largest absolute Gasteiger partial charge is 0.497 e. The molecule has 2 aliphatic rings. The topological polar surface area (TPSA) is 74.2 Å². The van der Waals surface area contributed by atoms with Gasteiger partial charge >= 0.3 is 5.97 Å². The fourth-order valence-electron chi connectivity index (χ4n) is 5.63. The second-order valence-corrected chi connectivity index (χ2v) is 9.39. The molecule has 5 rings (SSSR count). The Balaban J connectivity index is 1.70. The summed E-state index contributed by atoms with van der Waals surface area (Å²) in [6.07, 6.45) is 2.69. The predicted molar refractivity (Wildman–Crippen MR) is 137 cm³/mol. The van der Waals surface area contributed by atoms with E-state index in [1.165, 1.54) is 0 Å². The summed E-state index contributed by atoms with van der Waals surface area (Å²) in [5.74, 6) is 0.698. The molecule has 188 valence electrons. The Bertz CT molecular complexity index is 1270. The number of aliphatic carboxylic acids is 1. The Morgan fingerprint density at radius 2 is 1.67 bits per heavy atom. The lowest BCUT2D eigenvalue weighted by Gasteiger charge is -2.25. The number of carboxylic acids is 1. The van der Waals surface area contributed by atoms with Gasteiger partial charge in [-0.3, -0.25) is 4.79 Å². The van der Waals surface area contributed by atoms with Gasteiger partial charge in [0.1, 0.15) is 11.5 Å². The average molecular weight is 489 g/mol. The van der Waals surface area contributed by atoms with Crippen LogP contribution in [0.4, 0.5) is 0 Å². The molecule has 0 bridgehead atoms. The molecule has 3 unspecified atom stereocenters. The summed E-state index contributed by atoms with van der Waals surface area (Å²) < 4.78 is 22.6. The van der Waals surface area contributed by atoms with Crippen LogP contribution in [0.5, 0.6) is 23.0 Å². The number of fused-ring (bicyclic) bond motifs is 2. The van der Waals surface area contributed by atoms with Crippen molar-refractivity contribution in [2.75, 3.05) is 20.5 Å². The van der Waals surface area contributed by atoms with Crippen molar-refractivity contribution in [2.24, 2.45) is 5.92 Å². The number of ether oxygens (including phenoxy) is 4. The molecule has 0 saturated carbocycles. The third kappa shape index (κ3) is 4.25. The summed E-state index contributed by atoms with van der Waals surface area (Å²) in [5, 5.41) is 10.7. The van der Waals surface area contributed by atoms with Crippen LogP contribution >= 0.6 is 0 Å². The van der Waals surface area contributed by atoms with E-state index in [0.717, 1.165) is 58.6 Å². The summed E-state index contributed by atoms with van der Waals surface area (Å²) in [5.41, 5.74) is 5.06. The molecule has 1 aliphatic carbocycles. The summed E-state index contributed by atoms with van der Waals surface area (Å²) in [4.78, 5) is 13.0. The van der Waals surface area contributed by atoms with Crippen molar-refractivity contribution in [3.8, 4) is 23.0 Å². The van der Waals surface area contributed by atoms with Gasteiger partial charge in [0.2, 0.25) is 6.79 Å². The van der Waals surface area contributed by atoms with Crippen LogP contribution in [0.2, 0.25) is 0 Å². The third-order valence-electron chi connectivity index (χ3n) is 7.16. The molecule has 1 heterocycles. The van der Waals surface area contributed by atoms with Gasteiger partial charge in [-0.25, -0.2) is 0 Å². The molecule has 0 aromatic heterocycles. The lowest BCUT2D eigenvalue weighted by molar-refractivity contribution is -0.142. The highest BCUT2D eigenvalue weighted by Gasteiger charge is 2.47. The van der Waals surface area contributed by atoms with Crippen molar-refractivity contribution in [3.63, 3.8) is 0 Å². The van der Waals surface area contributed by atoms with E-state index in [1.807, 2.05) is 54.6 Å². The zero-order valence-electron chi connectivity index (χ0n) is 21.0. The van der Waals surface area contributed by atoms with Gasteiger partial charge in [-0.1, -0.05) is 38.5 Å². The van der Waals surface area contributed by atoms with Gasteiger partial charge in [0, 0.05) is 11.8 Å². The molecule has 3 atom stereocenters. The summed E-state index contributed by atoms with van der Waals surface area (Å²) >= 11 is 0. The van der Waals surface area contributed by atoms with E-state index < -0.39 is 11.9 Å².